The van der Waals surface area contributed by atoms with E-state index in [0.29, 0.717) is 12.2 Å². The number of nitrogens with zero attached hydrogens (tertiary/aromatic N) is 1. The van der Waals surface area contributed by atoms with Gasteiger partial charge in [-0.05, 0) is 65.0 Å². The quantitative estimate of drug-likeness (QED) is 0.811. The Balaban J connectivity index is 1.86. The number of carbonyl (C=O) groups is 1. The molecule has 0 unspecified atom stereocenters. The van der Waals surface area contributed by atoms with E-state index in [1.54, 1.807) is 12.3 Å². The van der Waals surface area contributed by atoms with Gasteiger partial charge in [0, 0.05) is 24.0 Å². The Morgan fingerprint density at radius 1 is 1.32 bits per heavy atom. The van der Waals surface area contributed by atoms with Crippen LogP contribution in [-0.2, 0) is 0 Å². The van der Waals surface area contributed by atoms with Crippen LogP contribution in [-0.4, -0.2) is 23.0 Å². The van der Waals surface area contributed by atoms with E-state index >= 15 is 0 Å². The molecule has 22 heavy (non-hydrogen) atoms. The third kappa shape index (κ3) is 5.51. The van der Waals surface area contributed by atoms with Gasteiger partial charge in [-0.25, -0.2) is 0 Å². The maximum atomic E-state index is 12.2. The molecule has 0 atom stereocenters. The summed E-state index contributed by atoms with van der Waals surface area (Å²) in [7, 11) is 0. The van der Waals surface area contributed by atoms with Crippen molar-refractivity contribution in [3.63, 3.8) is 0 Å². The third-order valence-electron chi connectivity index (χ3n) is 3.63. The number of amides is 1. The Labute approximate surface area is 133 Å². The maximum absolute atomic E-state index is 12.2. The molecule has 0 radical (unpaired) electrons. The van der Waals surface area contributed by atoms with Crippen LogP contribution in [0.1, 0.15) is 63.4 Å². The Morgan fingerprint density at radius 2 is 2.14 bits per heavy atom. The topological polar surface area (TPSA) is 54.0 Å². The number of anilines is 1. The molecule has 0 saturated carbocycles. The molecule has 0 spiro atoms. The molecular formula is C18H27N3O. The second-order valence-corrected chi connectivity index (χ2v) is 6.92. The smallest absolute Gasteiger partial charge is 0.269 e. The number of pyridine rings is 1. The molecule has 2 rings (SSSR count). The summed E-state index contributed by atoms with van der Waals surface area (Å²) in [4.78, 5) is 16.4. The molecule has 0 fully saturated rings. The number of rotatable bonds is 5. The fourth-order valence-electron chi connectivity index (χ4n) is 2.62. The van der Waals surface area contributed by atoms with E-state index in [1.807, 2.05) is 6.07 Å². The molecule has 1 aliphatic carbocycles. The summed E-state index contributed by atoms with van der Waals surface area (Å²) < 4.78 is 0. The zero-order valence-corrected chi connectivity index (χ0v) is 13.9. The van der Waals surface area contributed by atoms with Crippen molar-refractivity contribution in [2.45, 2.75) is 58.4 Å². The molecule has 1 aromatic rings. The monoisotopic (exact) mass is 301 g/mol. The Kier molecular flexibility index (Phi) is 5.58. The molecule has 1 amide bonds. The van der Waals surface area contributed by atoms with Crippen LogP contribution in [0.5, 0.6) is 0 Å². The molecule has 0 aromatic carbocycles. The van der Waals surface area contributed by atoms with Gasteiger partial charge in [0.1, 0.15) is 5.69 Å². The second-order valence-electron chi connectivity index (χ2n) is 6.92. The number of hydrogen-bond donors (Lipinski definition) is 2. The van der Waals surface area contributed by atoms with E-state index in [2.05, 4.69) is 42.5 Å². The van der Waals surface area contributed by atoms with Crippen LogP contribution in [0.15, 0.2) is 30.0 Å². The predicted octanol–water partition coefficient (Wildman–Crippen LogP) is 3.91. The number of nitrogens with one attached hydrogen (secondary N) is 2. The number of carbonyl (C=O) groups excluding carboxylic acids is 1. The average molecular weight is 301 g/mol. The van der Waals surface area contributed by atoms with Crippen molar-refractivity contribution in [3.05, 3.63) is 35.7 Å². The molecule has 0 bridgehead atoms. The predicted molar refractivity (Wildman–Crippen MR) is 91.1 cm³/mol. The van der Waals surface area contributed by atoms with Crippen LogP contribution in [0.2, 0.25) is 0 Å². The van der Waals surface area contributed by atoms with E-state index < -0.39 is 0 Å². The van der Waals surface area contributed by atoms with Crippen LogP contribution in [0.4, 0.5) is 5.69 Å². The fourth-order valence-corrected chi connectivity index (χ4v) is 2.62. The Morgan fingerprint density at radius 3 is 2.82 bits per heavy atom. The zero-order chi connectivity index (χ0) is 16.0. The van der Waals surface area contributed by atoms with Gasteiger partial charge in [0.15, 0.2) is 0 Å². The minimum atomic E-state index is -0.103. The first-order chi connectivity index (χ1) is 10.4. The van der Waals surface area contributed by atoms with Gasteiger partial charge in [-0.2, -0.15) is 0 Å². The molecule has 0 aliphatic heterocycles. The lowest BCUT2D eigenvalue weighted by Crippen LogP contribution is -2.28. The van der Waals surface area contributed by atoms with Crippen molar-refractivity contribution < 1.29 is 4.79 Å². The van der Waals surface area contributed by atoms with Crippen LogP contribution in [0, 0.1) is 0 Å². The summed E-state index contributed by atoms with van der Waals surface area (Å²) in [5, 5.41) is 6.32. The summed E-state index contributed by atoms with van der Waals surface area (Å²) >= 11 is 0. The third-order valence-corrected chi connectivity index (χ3v) is 3.63. The minimum Gasteiger partial charge on any atom is -0.380 e. The summed E-state index contributed by atoms with van der Waals surface area (Å²) in [5.41, 5.74) is 2.82. The molecule has 2 N–H and O–H groups in total. The van der Waals surface area contributed by atoms with E-state index in [9.17, 15) is 4.79 Å². The second kappa shape index (κ2) is 7.43. The maximum Gasteiger partial charge on any atom is 0.269 e. The molecule has 120 valence electrons. The largest absolute Gasteiger partial charge is 0.380 e. The van der Waals surface area contributed by atoms with Crippen LogP contribution in [0.25, 0.3) is 0 Å². The van der Waals surface area contributed by atoms with Gasteiger partial charge in [0.25, 0.3) is 5.91 Å². The van der Waals surface area contributed by atoms with Crippen LogP contribution in [0.3, 0.4) is 0 Å². The first-order valence-electron chi connectivity index (χ1n) is 8.14. The first kappa shape index (κ1) is 16.5. The van der Waals surface area contributed by atoms with Crippen LogP contribution < -0.4 is 10.6 Å². The lowest BCUT2D eigenvalue weighted by atomic mass is 9.97. The van der Waals surface area contributed by atoms with E-state index in [-0.39, 0.29) is 11.4 Å². The van der Waals surface area contributed by atoms with Gasteiger partial charge in [0.05, 0.1) is 0 Å². The Hall–Kier alpha value is -1.84. The lowest BCUT2D eigenvalue weighted by Gasteiger charge is -2.22. The molecular weight excluding hydrogens is 274 g/mol. The molecule has 4 nitrogen and oxygen atoms in total. The first-order valence-corrected chi connectivity index (χ1v) is 8.14. The Bertz CT molecular complexity index is 544. The highest BCUT2D eigenvalue weighted by Gasteiger charge is 2.12. The number of allylic oxidation sites excluding steroid dienone is 1. The summed E-state index contributed by atoms with van der Waals surface area (Å²) in [6.45, 7) is 6.95. The van der Waals surface area contributed by atoms with Gasteiger partial charge in [-0.1, -0.05) is 11.6 Å². The highest BCUT2D eigenvalue weighted by Crippen LogP contribution is 2.19. The van der Waals surface area contributed by atoms with Crippen molar-refractivity contribution in [3.8, 4) is 0 Å². The molecule has 1 aromatic heterocycles. The lowest BCUT2D eigenvalue weighted by molar-refractivity contribution is 0.0949. The van der Waals surface area contributed by atoms with Crippen molar-refractivity contribution in [1.29, 1.82) is 0 Å². The van der Waals surface area contributed by atoms with Crippen molar-refractivity contribution >= 4 is 11.6 Å². The summed E-state index contributed by atoms with van der Waals surface area (Å²) in [5.74, 6) is -0.103. The molecule has 4 heteroatoms. The van der Waals surface area contributed by atoms with Gasteiger partial charge in [-0.3, -0.25) is 9.78 Å². The SMILES string of the molecule is CC(C)(C)Nc1ccnc(C(=O)NCCC2=CCCCC2)c1. The highest BCUT2D eigenvalue weighted by molar-refractivity contribution is 5.93. The van der Waals surface area contributed by atoms with Gasteiger partial charge >= 0.3 is 0 Å². The average Bonchev–Trinajstić information content (AvgIpc) is 2.47. The number of aromatic nitrogens is 1. The fraction of sp³-hybridized carbons (Fsp3) is 0.556. The molecule has 1 aliphatic rings. The van der Waals surface area contributed by atoms with Crippen molar-refractivity contribution in [1.82, 2.24) is 10.3 Å². The number of hydrogen-bond acceptors (Lipinski definition) is 3. The van der Waals surface area contributed by atoms with E-state index in [0.717, 1.165) is 12.1 Å². The zero-order valence-electron chi connectivity index (χ0n) is 13.9. The minimum absolute atomic E-state index is 0.0391. The van der Waals surface area contributed by atoms with Gasteiger partial charge in [-0.15, -0.1) is 0 Å². The standard InChI is InChI=1S/C18H27N3O/c1-18(2,3)21-15-10-12-19-16(13-15)17(22)20-11-9-14-7-5-4-6-8-14/h7,10,12-13H,4-6,8-9,11H2,1-3H3,(H,19,21)(H,20,22). The highest BCUT2D eigenvalue weighted by atomic mass is 16.1. The summed E-state index contributed by atoms with van der Waals surface area (Å²) in [6, 6.07) is 3.69. The van der Waals surface area contributed by atoms with Gasteiger partial charge < -0.3 is 10.6 Å². The van der Waals surface area contributed by atoms with Crippen LogP contribution >= 0.6 is 0 Å². The van der Waals surface area contributed by atoms with Crippen molar-refractivity contribution in [2.24, 2.45) is 0 Å². The van der Waals surface area contributed by atoms with Gasteiger partial charge in [0.2, 0.25) is 0 Å². The van der Waals surface area contributed by atoms with Crippen molar-refractivity contribution in [2.75, 3.05) is 11.9 Å². The normalized spacial score (nSPS) is 15.1. The van der Waals surface area contributed by atoms with E-state index in [4.69, 9.17) is 0 Å². The molecule has 1 heterocycles. The summed E-state index contributed by atoms with van der Waals surface area (Å²) in [6.07, 6.45) is 9.89. The molecule has 0 saturated heterocycles. The van der Waals surface area contributed by atoms with E-state index in [1.165, 1.54) is 31.3 Å².